The van der Waals surface area contributed by atoms with Gasteiger partial charge in [-0.25, -0.2) is 4.98 Å². The largest absolute Gasteiger partial charge is 0.339 e. The number of aromatic nitrogens is 2. The number of hydrogen-bond acceptors (Lipinski definition) is 5. The maximum Gasteiger partial charge on any atom is 0.264 e. The minimum atomic E-state index is 0.0545. The minimum Gasteiger partial charge on any atom is -0.339 e. The van der Waals surface area contributed by atoms with Crippen LogP contribution in [0, 0.1) is 0 Å². The lowest BCUT2D eigenvalue weighted by molar-refractivity contribution is -0.131. The second-order valence-corrected chi connectivity index (χ2v) is 8.88. The van der Waals surface area contributed by atoms with Crippen LogP contribution >= 0.6 is 11.3 Å². The summed E-state index contributed by atoms with van der Waals surface area (Å²) in [5.41, 5.74) is 1.36. The SMILES string of the molecule is CCC(=O)N1CCN(c2nc3sc4c(c3c(=O)n2C(C)C)CCCC4)CC1. The Morgan fingerprint density at radius 3 is 2.52 bits per heavy atom. The summed E-state index contributed by atoms with van der Waals surface area (Å²) >= 11 is 1.71. The van der Waals surface area contributed by atoms with Gasteiger partial charge < -0.3 is 9.80 Å². The van der Waals surface area contributed by atoms with E-state index in [2.05, 4.69) is 4.90 Å². The molecule has 0 bridgehead atoms. The second-order valence-electron chi connectivity index (χ2n) is 7.79. The van der Waals surface area contributed by atoms with E-state index in [4.69, 9.17) is 4.98 Å². The summed E-state index contributed by atoms with van der Waals surface area (Å²) in [6.07, 6.45) is 4.99. The van der Waals surface area contributed by atoms with E-state index in [9.17, 15) is 9.59 Å². The van der Waals surface area contributed by atoms with Gasteiger partial charge in [0.2, 0.25) is 11.9 Å². The van der Waals surface area contributed by atoms with Gasteiger partial charge in [-0.15, -0.1) is 11.3 Å². The molecule has 2 aliphatic rings. The van der Waals surface area contributed by atoms with E-state index in [1.165, 1.54) is 16.9 Å². The van der Waals surface area contributed by atoms with Gasteiger partial charge in [-0.1, -0.05) is 6.92 Å². The van der Waals surface area contributed by atoms with Gasteiger partial charge in [-0.05, 0) is 45.1 Å². The highest BCUT2D eigenvalue weighted by Crippen LogP contribution is 2.35. The Hall–Kier alpha value is -1.89. The number of carbonyl (C=O) groups is 1. The highest BCUT2D eigenvalue weighted by molar-refractivity contribution is 7.18. The summed E-state index contributed by atoms with van der Waals surface area (Å²) in [6.45, 7) is 8.84. The fourth-order valence-electron chi connectivity index (χ4n) is 4.27. The summed E-state index contributed by atoms with van der Waals surface area (Å²) in [5.74, 6) is 0.968. The fourth-order valence-corrected chi connectivity index (χ4v) is 5.52. The molecule has 0 atom stereocenters. The van der Waals surface area contributed by atoms with Crippen molar-refractivity contribution >= 4 is 33.4 Å². The first-order valence-corrected chi connectivity index (χ1v) is 10.9. The molecule has 0 N–H and O–H groups in total. The predicted octanol–water partition coefficient (Wildman–Crippen LogP) is 2.98. The van der Waals surface area contributed by atoms with Crippen molar-refractivity contribution in [3.05, 3.63) is 20.8 Å². The van der Waals surface area contributed by atoms with E-state index in [1.54, 1.807) is 11.3 Å². The number of carbonyl (C=O) groups excluding carboxylic acids is 1. The standard InChI is InChI=1S/C20H28N4O2S/c1-4-16(25)22-9-11-23(12-10-22)20-21-18-17(19(26)24(20)13(2)3)14-7-5-6-8-15(14)27-18/h13H,4-12H2,1-3H3. The zero-order chi connectivity index (χ0) is 19.1. The average Bonchev–Trinajstić information content (AvgIpc) is 3.05. The summed E-state index contributed by atoms with van der Waals surface area (Å²) in [7, 11) is 0. The van der Waals surface area contributed by atoms with Crippen LogP contribution in [0.4, 0.5) is 5.95 Å². The van der Waals surface area contributed by atoms with E-state index in [0.717, 1.165) is 48.5 Å². The summed E-state index contributed by atoms with van der Waals surface area (Å²) in [6, 6.07) is 0.0545. The molecule has 1 aliphatic carbocycles. The van der Waals surface area contributed by atoms with Crippen LogP contribution in [0.1, 0.15) is 56.5 Å². The maximum atomic E-state index is 13.4. The Labute approximate surface area is 163 Å². The lowest BCUT2D eigenvalue weighted by Crippen LogP contribution is -2.50. The van der Waals surface area contributed by atoms with Crippen molar-refractivity contribution in [2.24, 2.45) is 0 Å². The molecule has 0 spiro atoms. The molecular weight excluding hydrogens is 360 g/mol. The molecule has 1 amide bonds. The fraction of sp³-hybridized carbons (Fsp3) is 0.650. The van der Waals surface area contributed by atoms with Crippen LogP contribution in [0.2, 0.25) is 0 Å². The number of rotatable bonds is 3. The molecule has 7 heteroatoms. The summed E-state index contributed by atoms with van der Waals surface area (Å²) in [4.78, 5) is 36.7. The number of anilines is 1. The first kappa shape index (κ1) is 18.5. The van der Waals surface area contributed by atoms with Crippen molar-refractivity contribution in [2.75, 3.05) is 31.1 Å². The van der Waals surface area contributed by atoms with E-state index >= 15 is 0 Å². The molecule has 0 unspecified atom stereocenters. The van der Waals surface area contributed by atoms with Crippen LogP contribution in [-0.2, 0) is 17.6 Å². The van der Waals surface area contributed by atoms with Gasteiger partial charge in [-0.3, -0.25) is 14.2 Å². The number of aryl methyl sites for hydroxylation is 2. The van der Waals surface area contributed by atoms with Crippen molar-refractivity contribution in [3.63, 3.8) is 0 Å². The number of nitrogens with zero attached hydrogens (tertiary/aromatic N) is 4. The summed E-state index contributed by atoms with van der Waals surface area (Å²) < 4.78 is 1.86. The van der Waals surface area contributed by atoms with Crippen molar-refractivity contribution in [2.45, 2.75) is 58.9 Å². The topological polar surface area (TPSA) is 58.4 Å². The smallest absolute Gasteiger partial charge is 0.264 e. The highest BCUT2D eigenvalue weighted by Gasteiger charge is 2.27. The lowest BCUT2D eigenvalue weighted by Gasteiger charge is -2.36. The highest BCUT2D eigenvalue weighted by atomic mass is 32.1. The van der Waals surface area contributed by atoms with Crippen molar-refractivity contribution in [1.29, 1.82) is 0 Å². The van der Waals surface area contributed by atoms with E-state index in [0.29, 0.717) is 19.5 Å². The van der Waals surface area contributed by atoms with Crippen LogP contribution in [-0.4, -0.2) is 46.5 Å². The van der Waals surface area contributed by atoms with Gasteiger partial charge >= 0.3 is 0 Å². The van der Waals surface area contributed by atoms with Crippen LogP contribution in [0.25, 0.3) is 10.2 Å². The van der Waals surface area contributed by atoms with Crippen molar-refractivity contribution < 1.29 is 4.79 Å². The third kappa shape index (κ3) is 3.16. The molecular formula is C20H28N4O2S. The Morgan fingerprint density at radius 2 is 1.85 bits per heavy atom. The molecule has 0 saturated carbocycles. The van der Waals surface area contributed by atoms with Gasteiger partial charge in [0.15, 0.2) is 0 Å². The zero-order valence-electron chi connectivity index (χ0n) is 16.5. The monoisotopic (exact) mass is 388 g/mol. The predicted molar refractivity (Wildman–Crippen MR) is 110 cm³/mol. The van der Waals surface area contributed by atoms with Gasteiger partial charge in [0, 0.05) is 43.5 Å². The Balaban J connectivity index is 1.76. The first-order valence-electron chi connectivity index (χ1n) is 10.1. The first-order chi connectivity index (χ1) is 13.0. The minimum absolute atomic E-state index is 0.0545. The van der Waals surface area contributed by atoms with Crippen molar-refractivity contribution in [1.82, 2.24) is 14.5 Å². The molecule has 27 heavy (non-hydrogen) atoms. The molecule has 1 aliphatic heterocycles. The number of piperazine rings is 1. The second kappa shape index (κ2) is 7.26. The van der Waals surface area contributed by atoms with Crippen LogP contribution in [0.3, 0.4) is 0 Å². The van der Waals surface area contributed by atoms with Gasteiger partial charge in [0.05, 0.1) is 5.39 Å². The molecule has 0 radical (unpaired) electrons. The molecule has 146 valence electrons. The average molecular weight is 389 g/mol. The van der Waals surface area contributed by atoms with Crippen LogP contribution < -0.4 is 10.5 Å². The molecule has 4 rings (SSSR count). The molecule has 2 aromatic heterocycles. The zero-order valence-corrected chi connectivity index (χ0v) is 17.3. The quantitative estimate of drug-likeness (QED) is 0.811. The molecule has 1 fully saturated rings. The number of amides is 1. The molecule has 0 aromatic carbocycles. The lowest BCUT2D eigenvalue weighted by atomic mass is 9.97. The van der Waals surface area contributed by atoms with E-state index < -0.39 is 0 Å². The summed E-state index contributed by atoms with van der Waals surface area (Å²) in [5, 5.41) is 0.854. The molecule has 1 saturated heterocycles. The van der Waals surface area contributed by atoms with Gasteiger partial charge in [0.25, 0.3) is 5.56 Å². The molecule has 3 heterocycles. The normalized spacial score (nSPS) is 17.6. The van der Waals surface area contributed by atoms with Gasteiger partial charge in [-0.2, -0.15) is 0 Å². The maximum absolute atomic E-state index is 13.4. The molecule has 6 nitrogen and oxygen atoms in total. The van der Waals surface area contributed by atoms with E-state index in [-0.39, 0.29) is 17.5 Å². The van der Waals surface area contributed by atoms with Gasteiger partial charge in [0.1, 0.15) is 4.83 Å². The Kier molecular flexibility index (Phi) is 4.97. The van der Waals surface area contributed by atoms with Crippen molar-refractivity contribution in [3.8, 4) is 0 Å². The Bertz CT molecular complexity index is 922. The third-order valence-corrected chi connectivity index (χ3v) is 6.92. The third-order valence-electron chi connectivity index (χ3n) is 5.74. The van der Waals surface area contributed by atoms with Crippen LogP contribution in [0.15, 0.2) is 4.79 Å². The van der Waals surface area contributed by atoms with Crippen LogP contribution in [0.5, 0.6) is 0 Å². The number of hydrogen-bond donors (Lipinski definition) is 0. The number of fused-ring (bicyclic) bond motifs is 3. The Morgan fingerprint density at radius 1 is 1.15 bits per heavy atom. The van der Waals surface area contributed by atoms with E-state index in [1.807, 2.05) is 30.2 Å². The molecule has 2 aromatic rings. The number of thiophene rings is 1.